The molecule has 3 N–H and O–H groups in total. The summed E-state index contributed by atoms with van der Waals surface area (Å²) in [7, 11) is 0. The van der Waals surface area contributed by atoms with Gasteiger partial charge in [-0.05, 0) is 35.7 Å². The van der Waals surface area contributed by atoms with E-state index in [2.05, 4.69) is 16.7 Å². The third-order valence-electron chi connectivity index (χ3n) is 3.50. The van der Waals surface area contributed by atoms with Crippen LogP contribution in [0, 0.1) is 18.3 Å². The minimum atomic E-state index is -0.750. The van der Waals surface area contributed by atoms with Gasteiger partial charge in [-0.2, -0.15) is 5.26 Å². The highest BCUT2D eigenvalue weighted by Gasteiger charge is 2.11. The SMILES string of the molecule is Cc1ccccc1C(O)CNC(=O)Nc1ccc(CC#N)cc1. The van der Waals surface area contributed by atoms with E-state index in [1.165, 1.54) is 0 Å². The molecule has 118 valence electrons. The molecule has 0 fully saturated rings. The summed E-state index contributed by atoms with van der Waals surface area (Å²) in [5.41, 5.74) is 3.31. The molecule has 0 aliphatic carbocycles. The standard InChI is InChI=1S/C18H19N3O2/c1-13-4-2-3-5-16(13)17(22)12-20-18(23)21-15-8-6-14(7-9-15)10-11-19/h2-9,17,22H,10,12H2,1H3,(H2,20,21,23). The highest BCUT2D eigenvalue weighted by molar-refractivity contribution is 5.89. The van der Waals surface area contributed by atoms with Crippen molar-refractivity contribution in [2.24, 2.45) is 0 Å². The molecular formula is C18H19N3O2. The van der Waals surface area contributed by atoms with Gasteiger partial charge >= 0.3 is 6.03 Å². The first-order valence-electron chi connectivity index (χ1n) is 7.34. The Labute approximate surface area is 135 Å². The molecule has 0 spiro atoms. The van der Waals surface area contributed by atoms with E-state index in [-0.39, 0.29) is 12.6 Å². The van der Waals surface area contributed by atoms with Crippen LogP contribution in [-0.2, 0) is 6.42 Å². The van der Waals surface area contributed by atoms with Crippen molar-refractivity contribution in [2.75, 3.05) is 11.9 Å². The first-order valence-corrected chi connectivity index (χ1v) is 7.34. The van der Waals surface area contributed by atoms with Crippen LogP contribution in [0.5, 0.6) is 0 Å². The van der Waals surface area contributed by atoms with E-state index in [0.29, 0.717) is 12.1 Å². The van der Waals surface area contributed by atoms with Crippen molar-refractivity contribution in [1.29, 1.82) is 5.26 Å². The lowest BCUT2D eigenvalue weighted by molar-refractivity contribution is 0.174. The van der Waals surface area contributed by atoms with Crippen LogP contribution in [0.1, 0.15) is 22.8 Å². The number of nitrogens with zero attached hydrogens (tertiary/aromatic N) is 1. The Balaban J connectivity index is 1.85. The predicted molar refractivity (Wildman–Crippen MR) is 88.9 cm³/mol. The van der Waals surface area contributed by atoms with E-state index in [1.807, 2.05) is 31.2 Å². The number of aryl methyl sites for hydroxylation is 1. The number of aliphatic hydroxyl groups is 1. The Morgan fingerprint density at radius 2 is 1.91 bits per heavy atom. The number of nitrogens with one attached hydrogen (secondary N) is 2. The minimum Gasteiger partial charge on any atom is -0.387 e. The lowest BCUT2D eigenvalue weighted by Crippen LogP contribution is -2.32. The maximum atomic E-state index is 11.9. The van der Waals surface area contributed by atoms with E-state index >= 15 is 0 Å². The van der Waals surface area contributed by atoms with Crippen LogP contribution < -0.4 is 10.6 Å². The fourth-order valence-electron chi connectivity index (χ4n) is 2.23. The van der Waals surface area contributed by atoms with E-state index in [4.69, 9.17) is 5.26 Å². The van der Waals surface area contributed by atoms with Crippen molar-refractivity contribution < 1.29 is 9.90 Å². The van der Waals surface area contributed by atoms with Crippen LogP contribution >= 0.6 is 0 Å². The average molecular weight is 309 g/mol. The van der Waals surface area contributed by atoms with Gasteiger partial charge in [0.2, 0.25) is 0 Å². The monoisotopic (exact) mass is 309 g/mol. The quantitative estimate of drug-likeness (QED) is 0.794. The number of aliphatic hydroxyl groups excluding tert-OH is 1. The molecule has 2 aromatic rings. The van der Waals surface area contributed by atoms with Gasteiger partial charge in [-0.25, -0.2) is 4.79 Å². The third-order valence-corrected chi connectivity index (χ3v) is 3.50. The molecular weight excluding hydrogens is 290 g/mol. The number of carbonyl (C=O) groups excluding carboxylic acids is 1. The van der Waals surface area contributed by atoms with Gasteiger partial charge in [-0.3, -0.25) is 0 Å². The fourth-order valence-corrected chi connectivity index (χ4v) is 2.23. The van der Waals surface area contributed by atoms with E-state index in [0.717, 1.165) is 16.7 Å². The average Bonchev–Trinajstić information content (AvgIpc) is 2.55. The van der Waals surface area contributed by atoms with Crippen molar-refractivity contribution in [3.63, 3.8) is 0 Å². The van der Waals surface area contributed by atoms with Crippen LogP contribution in [0.2, 0.25) is 0 Å². The molecule has 0 radical (unpaired) electrons. The molecule has 1 unspecified atom stereocenters. The molecule has 0 saturated heterocycles. The number of nitriles is 1. The molecule has 2 amide bonds. The summed E-state index contributed by atoms with van der Waals surface area (Å²) >= 11 is 0. The normalized spacial score (nSPS) is 11.3. The number of hydrogen-bond acceptors (Lipinski definition) is 3. The highest BCUT2D eigenvalue weighted by atomic mass is 16.3. The zero-order valence-electron chi connectivity index (χ0n) is 12.9. The van der Waals surface area contributed by atoms with E-state index < -0.39 is 6.10 Å². The summed E-state index contributed by atoms with van der Waals surface area (Å²) in [6, 6.07) is 16.3. The van der Waals surface area contributed by atoms with Gasteiger partial charge in [0.15, 0.2) is 0 Å². The number of urea groups is 1. The molecule has 0 bridgehead atoms. The smallest absolute Gasteiger partial charge is 0.319 e. The minimum absolute atomic E-state index is 0.128. The first-order chi connectivity index (χ1) is 11.1. The topological polar surface area (TPSA) is 85.2 Å². The number of hydrogen-bond donors (Lipinski definition) is 3. The summed E-state index contributed by atoms with van der Waals surface area (Å²) in [5, 5.41) is 24.1. The summed E-state index contributed by atoms with van der Waals surface area (Å²) in [4.78, 5) is 11.9. The largest absolute Gasteiger partial charge is 0.387 e. The van der Waals surface area contributed by atoms with Crippen LogP contribution in [0.4, 0.5) is 10.5 Å². The van der Waals surface area contributed by atoms with Gasteiger partial charge < -0.3 is 15.7 Å². The van der Waals surface area contributed by atoms with Crippen molar-refractivity contribution in [3.05, 3.63) is 65.2 Å². The predicted octanol–water partition coefficient (Wildman–Crippen LogP) is 2.92. The zero-order valence-corrected chi connectivity index (χ0v) is 12.9. The van der Waals surface area contributed by atoms with Crippen molar-refractivity contribution in [1.82, 2.24) is 5.32 Å². The Morgan fingerprint density at radius 3 is 2.57 bits per heavy atom. The molecule has 0 heterocycles. The molecule has 5 heteroatoms. The zero-order chi connectivity index (χ0) is 16.7. The Morgan fingerprint density at radius 1 is 1.22 bits per heavy atom. The number of benzene rings is 2. The van der Waals surface area contributed by atoms with Crippen molar-refractivity contribution in [2.45, 2.75) is 19.4 Å². The molecule has 1 atom stereocenters. The van der Waals surface area contributed by atoms with Gasteiger partial charge in [-0.1, -0.05) is 36.4 Å². The summed E-state index contributed by atoms with van der Waals surface area (Å²) in [6.45, 7) is 2.05. The summed E-state index contributed by atoms with van der Waals surface area (Å²) < 4.78 is 0. The first kappa shape index (κ1) is 16.5. The summed E-state index contributed by atoms with van der Waals surface area (Å²) in [5.74, 6) is 0. The number of amides is 2. The third kappa shape index (κ3) is 4.83. The van der Waals surface area contributed by atoms with Crippen molar-refractivity contribution in [3.8, 4) is 6.07 Å². The van der Waals surface area contributed by atoms with Crippen LogP contribution in [0.3, 0.4) is 0 Å². The van der Waals surface area contributed by atoms with Gasteiger partial charge in [0, 0.05) is 12.2 Å². The number of rotatable bonds is 5. The molecule has 0 aromatic heterocycles. The van der Waals surface area contributed by atoms with Gasteiger partial charge in [0.1, 0.15) is 0 Å². The fraction of sp³-hybridized carbons (Fsp3) is 0.222. The highest BCUT2D eigenvalue weighted by Crippen LogP contribution is 2.16. The molecule has 0 aliphatic heterocycles. The van der Waals surface area contributed by atoms with Crippen LogP contribution in [0.15, 0.2) is 48.5 Å². The summed E-state index contributed by atoms with van der Waals surface area (Å²) in [6.07, 6.45) is -0.408. The Hall–Kier alpha value is -2.84. The number of anilines is 1. The molecule has 23 heavy (non-hydrogen) atoms. The number of carbonyl (C=O) groups is 1. The molecule has 5 nitrogen and oxygen atoms in total. The lowest BCUT2D eigenvalue weighted by Gasteiger charge is -2.15. The second-order valence-electron chi connectivity index (χ2n) is 5.24. The van der Waals surface area contributed by atoms with E-state index in [9.17, 15) is 9.90 Å². The van der Waals surface area contributed by atoms with Crippen LogP contribution in [-0.4, -0.2) is 17.7 Å². The van der Waals surface area contributed by atoms with Crippen molar-refractivity contribution >= 4 is 11.7 Å². The second kappa shape index (κ2) is 7.97. The molecule has 0 saturated carbocycles. The molecule has 2 aromatic carbocycles. The molecule has 0 aliphatic rings. The Kier molecular flexibility index (Phi) is 5.73. The van der Waals surface area contributed by atoms with Gasteiger partial charge in [0.25, 0.3) is 0 Å². The maximum absolute atomic E-state index is 11.9. The maximum Gasteiger partial charge on any atom is 0.319 e. The van der Waals surface area contributed by atoms with Gasteiger partial charge in [0.05, 0.1) is 18.6 Å². The Bertz CT molecular complexity index is 705. The van der Waals surface area contributed by atoms with Gasteiger partial charge in [-0.15, -0.1) is 0 Å². The van der Waals surface area contributed by atoms with Crippen LogP contribution in [0.25, 0.3) is 0 Å². The molecule has 2 rings (SSSR count). The van der Waals surface area contributed by atoms with E-state index in [1.54, 1.807) is 24.3 Å². The lowest BCUT2D eigenvalue weighted by atomic mass is 10.0. The second-order valence-corrected chi connectivity index (χ2v) is 5.24.